The summed E-state index contributed by atoms with van der Waals surface area (Å²) in [5, 5.41) is 18.6. The van der Waals surface area contributed by atoms with Crippen LogP contribution in [0.25, 0.3) is 0 Å². The van der Waals surface area contributed by atoms with Gasteiger partial charge in [-0.1, -0.05) is 23.7 Å². The number of rotatable bonds is 6. The van der Waals surface area contributed by atoms with Gasteiger partial charge in [-0.05, 0) is 48.6 Å². The van der Waals surface area contributed by atoms with Gasteiger partial charge in [-0.2, -0.15) is 10.5 Å². The molecule has 0 spiro atoms. The standard InChI is InChI=1S/C30H26N2O6/c1-33-27-13-7-21(19-31)15-23(27)9-11-25-17-30(37-5,38-6)26(18-29(25,35-3)36-4)12-10-24-16-22(20-32)8-14-28(24)34-2/h7-8,13-18H,1-6H3. The first-order valence-corrected chi connectivity index (χ1v) is 11.3. The van der Waals surface area contributed by atoms with Crippen LogP contribution in [-0.2, 0) is 18.9 Å². The lowest BCUT2D eigenvalue weighted by Crippen LogP contribution is -2.44. The van der Waals surface area contributed by atoms with Gasteiger partial charge in [-0.3, -0.25) is 0 Å². The Morgan fingerprint density at radius 1 is 0.553 bits per heavy atom. The van der Waals surface area contributed by atoms with Gasteiger partial charge in [0.25, 0.3) is 0 Å². The highest BCUT2D eigenvalue weighted by atomic mass is 16.7. The summed E-state index contributed by atoms with van der Waals surface area (Å²) in [7, 11) is 8.95. The van der Waals surface area contributed by atoms with Crippen LogP contribution in [0, 0.1) is 46.3 Å². The molecule has 0 aromatic heterocycles. The summed E-state index contributed by atoms with van der Waals surface area (Å²) in [5.74, 6) is 10.4. The van der Waals surface area contributed by atoms with E-state index >= 15 is 0 Å². The topological polar surface area (TPSA) is 103 Å². The van der Waals surface area contributed by atoms with Crippen molar-refractivity contribution in [2.75, 3.05) is 42.7 Å². The van der Waals surface area contributed by atoms with E-state index in [1.807, 2.05) is 0 Å². The van der Waals surface area contributed by atoms with Crippen molar-refractivity contribution < 1.29 is 28.4 Å². The summed E-state index contributed by atoms with van der Waals surface area (Å²) in [6, 6.07) is 14.1. The van der Waals surface area contributed by atoms with Crippen molar-refractivity contribution >= 4 is 0 Å². The second-order valence-electron chi connectivity index (χ2n) is 7.82. The van der Waals surface area contributed by atoms with Crippen molar-refractivity contribution in [2.45, 2.75) is 11.6 Å². The highest BCUT2D eigenvalue weighted by Gasteiger charge is 2.45. The van der Waals surface area contributed by atoms with Crippen LogP contribution in [-0.4, -0.2) is 54.2 Å². The van der Waals surface area contributed by atoms with Crippen LogP contribution in [0.4, 0.5) is 0 Å². The predicted octanol–water partition coefficient (Wildman–Crippen LogP) is 3.69. The summed E-state index contributed by atoms with van der Waals surface area (Å²) in [5.41, 5.74) is 2.65. The molecule has 0 fully saturated rings. The van der Waals surface area contributed by atoms with Crippen LogP contribution < -0.4 is 9.47 Å². The van der Waals surface area contributed by atoms with Gasteiger partial charge in [0.05, 0.1) is 59.8 Å². The van der Waals surface area contributed by atoms with Crippen molar-refractivity contribution in [3.8, 4) is 47.3 Å². The van der Waals surface area contributed by atoms with Crippen molar-refractivity contribution in [1.82, 2.24) is 0 Å². The molecule has 2 aromatic rings. The lowest BCUT2D eigenvalue weighted by molar-refractivity contribution is -0.167. The molecular weight excluding hydrogens is 484 g/mol. The molecule has 0 radical (unpaired) electrons. The molecule has 8 heteroatoms. The quantitative estimate of drug-likeness (QED) is 0.428. The van der Waals surface area contributed by atoms with Gasteiger partial charge in [0, 0.05) is 28.4 Å². The molecule has 0 N–H and O–H groups in total. The summed E-state index contributed by atoms with van der Waals surface area (Å²) in [6.45, 7) is 0. The Morgan fingerprint density at radius 2 is 0.921 bits per heavy atom. The molecule has 3 rings (SSSR count). The molecule has 0 saturated carbocycles. The second-order valence-corrected chi connectivity index (χ2v) is 7.82. The second kappa shape index (κ2) is 12.1. The first-order chi connectivity index (χ1) is 18.4. The first kappa shape index (κ1) is 28.0. The van der Waals surface area contributed by atoms with Gasteiger partial charge in [0.2, 0.25) is 11.6 Å². The van der Waals surface area contributed by atoms with E-state index < -0.39 is 11.6 Å². The Hall–Kier alpha value is -4.54. The summed E-state index contributed by atoms with van der Waals surface area (Å²) >= 11 is 0. The minimum Gasteiger partial charge on any atom is -0.495 e. The Bertz CT molecular complexity index is 1360. The zero-order chi connectivity index (χ0) is 27.8. The minimum atomic E-state index is -1.42. The Kier molecular flexibility index (Phi) is 8.95. The number of nitriles is 2. The van der Waals surface area contributed by atoms with Gasteiger partial charge in [-0.25, -0.2) is 0 Å². The largest absolute Gasteiger partial charge is 0.495 e. The van der Waals surface area contributed by atoms with E-state index in [1.165, 1.54) is 42.7 Å². The van der Waals surface area contributed by atoms with E-state index in [1.54, 1.807) is 48.6 Å². The molecule has 0 heterocycles. The van der Waals surface area contributed by atoms with E-state index in [2.05, 4.69) is 35.8 Å². The van der Waals surface area contributed by atoms with Crippen LogP contribution in [0.3, 0.4) is 0 Å². The SMILES string of the molecule is COc1ccc(C#N)cc1C#CC1=CC(OC)(OC)C(C#Cc2cc(C#N)ccc2OC)=CC1(OC)OC. The first-order valence-electron chi connectivity index (χ1n) is 11.3. The Labute approximate surface area is 222 Å². The van der Waals surface area contributed by atoms with E-state index in [0.29, 0.717) is 44.9 Å². The molecule has 0 unspecified atom stereocenters. The highest BCUT2D eigenvalue weighted by molar-refractivity contribution is 5.59. The zero-order valence-corrected chi connectivity index (χ0v) is 22.0. The smallest absolute Gasteiger partial charge is 0.223 e. The third-order valence-corrected chi connectivity index (χ3v) is 5.95. The Morgan fingerprint density at radius 3 is 1.21 bits per heavy atom. The molecule has 2 aromatic carbocycles. The molecule has 192 valence electrons. The molecule has 0 saturated heterocycles. The van der Waals surface area contributed by atoms with Gasteiger partial charge in [0.1, 0.15) is 11.5 Å². The zero-order valence-electron chi connectivity index (χ0n) is 22.0. The van der Waals surface area contributed by atoms with Gasteiger partial charge >= 0.3 is 0 Å². The summed E-state index contributed by atoms with van der Waals surface area (Å²) in [6.07, 6.45) is 3.25. The van der Waals surface area contributed by atoms with E-state index in [4.69, 9.17) is 28.4 Å². The number of ether oxygens (including phenoxy) is 6. The van der Waals surface area contributed by atoms with Gasteiger partial charge in [0.15, 0.2) is 0 Å². The van der Waals surface area contributed by atoms with Crippen LogP contribution in [0.5, 0.6) is 11.5 Å². The average Bonchev–Trinajstić information content (AvgIpc) is 2.98. The maximum absolute atomic E-state index is 9.29. The van der Waals surface area contributed by atoms with Gasteiger partial charge in [-0.15, -0.1) is 0 Å². The fourth-order valence-electron chi connectivity index (χ4n) is 3.85. The number of hydrogen-bond acceptors (Lipinski definition) is 8. The Balaban J connectivity index is 2.19. The minimum absolute atomic E-state index is 0.380. The molecule has 0 bridgehead atoms. The number of nitrogens with zero attached hydrogens (tertiary/aromatic N) is 2. The third-order valence-electron chi connectivity index (χ3n) is 5.95. The molecular formula is C30H26N2O6. The van der Waals surface area contributed by atoms with Crippen LogP contribution in [0.15, 0.2) is 59.7 Å². The molecule has 0 atom stereocenters. The van der Waals surface area contributed by atoms with E-state index in [0.717, 1.165) is 0 Å². The predicted molar refractivity (Wildman–Crippen MR) is 139 cm³/mol. The van der Waals surface area contributed by atoms with Crippen molar-refractivity contribution in [2.24, 2.45) is 0 Å². The molecule has 0 aliphatic heterocycles. The van der Waals surface area contributed by atoms with Crippen molar-refractivity contribution in [3.05, 3.63) is 82.0 Å². The fraction of sp³-hybridized carbons (Fsp3) is 0.267. The fourth-order valence-corrected chi connectivity index (χ4v) is 3.85. The van der Waals surface area contributed by atoms with Crippen molar-refractivity contribution in [3.63, 3.8) is 0 Å². The number of hydrogen-bond donors (Lipinski definition) is 0. The lowest BCUT2D eigenvalue weighted by atomic mass is 9.88. The van der Waals surface area contributed by atoms with Gasteiger partial charge < -0.3 is 28.4 Å². The van der Waals surface area contributed by atoms with Crippen LogP contribution in [0.2, 0.25) is 0 Å². The number of benzene rings is 2. The molecule has 1 aliphatic rings. The van der Waals surface area contributed by atoms with Crippen molar-refractivity contribution in [1.29, 1.82) is 10.5 Å². The summed E-state index contributed by atoms with van der Waals surface area (Å²) in [4.78, 5) is 0. The molecule has 8 nitrogen and oxygen atoms in total. The highest BCUT2D eigenvalue weighted by Crippen LogP contribution is 2.38. The maximum atomic E-state index is 9.29. The third kappa shape index (κ3) is 5.41. The van der Waals surface area contributed by atoms with E-state index in [-0.39, 0.29) is 0 Å². The monoisotopic (exact) mass is 510 g/mol. The number of methoxy groups -OCH3 is 6. The van der Waals surface area contributed by atoms with E-state index in [9.17, 15) is 10.5 Å². The van der Waals surface area contributed by atoms with Crippen LogP contribution >= 0.6 is 0 Å². The molecule has 1 aliphatic carbocycles. The average molecular weight is 511 g/mol. The maximum Gasteiger partial charge on any atom is 0.223 e. The molecule has 0 amide bonds. The normalized spacial score (nSPS) is 14.7. The van der Waals surface area contributed by atoms with Crippen LogP contribution in [0.1, 0.15) is 22.3 Å². The summed E-state index contributed by atoms with van der Waals surface area (Å²) < 4.78 is 33.9. The lowest BCUT2D eigenvalue weighted by Gasteiger charge is -2.38. The molecule has 38 heavy (non-hydrogen) atoms.